The third-order valence-electron chi connectivity index (χ3n) is 4.02. The number of rotatable bonds is 4. The summed E-state index contributed by atoms with van der Waals surface area (Å²) in [6.45, 7) is 5.81. The van der Waals surface area contributed by atoms with Crippen LogP contribution >= 0.6 is 0 Å². The van der Waals surface area contributed by atoms with Gasteiger partial charge in [0.15, 0.2) is 0 Å². The summed E-state index contributed by atoms with van der Waals surface area (Å²) >= 11 is 0. The zero-order valence-electron chi connectivity index (χ0n) is 12.1. The molecule has 1 atom stereocenters. The lowest BCUT2D eigenvalue weighted by atomic mass is 9.87. The fourth-order valence-electron chi connectivity index (χ4n) is 2.49. The van der Waals surface area contributed by atoms with Gasteiger partial charge in [0, 0.05) is 12.4 Å². The lowest BCUT2D eigenvalue weighted by molar-refractivity contribution is -0.155. The second-order valence-corrected chi connectivity index (χ2v) is 5.05. The summed E-state index contributed by atoms with van der Waals surface area (Å²) in [6, 6.07) is 1.22. The van der Waals surface area contributed by atoms with Crippen LogP contribution in [0.3, 0.4) is 0 Å². The molecule has 20 heavy (non-hydrogen) atoms. The van der Waals surface area contributed by atoms with Gasteiger partial charge in [0.2, 0.25) is 11.8 Å². The second kappa shape index (κ2) is 5.56. The Morgan fingerprint density at radius 3 is 2.40 bits per heavy atom. The molecule has 0 saturated carbocycles. The van der Waals surface area contributed by atoms with E-state index < -0.39 is 11.6 Å². The van der Waals surface area contributed by atoms with Crippen LogP contribution in [0.1, 0.15) is 39.4 Å². The van der Waals surface area contributed by atoms with Gasteiger partial charge in [-0.3, -0.25) is 9.59 Å². The van der Waals surface area contributed by atoms with Crippen LogP contribution in [0.15, 0.2) is 18.5 Å². The maximum absolute atomic E-state index is 12.7. The van der Waals surface area contributed by atoms with E-state index in [0.717, 1.165) is 0 Å². The molecule has 2 rings (SSSR count). The molecule has 1 aliphatic heterocycles. The summed E-state index contributed by atoms with van der Waals surface area (Å²) in [5, 5.41) is 2.87. The van der Waals surface area contributed by atoms with Crippen molar-refractivity contribution in [2.24, 2.45) is 0 Å². The number of amides is 2. The number of hydrogen-bond donors (Lipinski definition) is 1. The molecule has 2 heterocycles. The van der Waals surface area contributed by atoms with E-state index in [0.29, 0.717) is 18.7 Å². The molecule has 6 nitrogen and oxygen atoms in total. The quantitative estimate of drug-likeness (QED) is 0.886. The lowest BCUT2D eigenvalue weighted by Crippen LogP contribution is -2.69. The molecule has 1 aromatic heterocycles. The Balaban J connectivity index is 2.29. The molecule has 6 heteroatoms. The normalized spacial score (nSPS) is 21.8. The van der Waals surface area contributed by atoms with Gasteiger partial charge in [-0.15, -0.1) is 0 Å². The Morgan fingerprint density at radius 1 is 1.25 bits per heavy atom. The van der Waals surface area contributed by atoms with Crippen molar-refractivity contribution in [3.63, 3.8) is 0 Å². The van der Waals surface area contributed by atoms with Crippen LogP contribution < -0.4 is 5.32 Å². The van der Waals surface area contributed by atoms with Crippen LogP contribution in [0, 0.1) is 0 Å². The van der Waals surface area contributed by atoms with Gasteiger partial charge in [-0.05, 0) is 25.8 Å². The zero-order valence-corrected chi connectivity index (χ0v) is 12.1. The first-order valence-corrected chi connectivity index (χ1v) is 6.93. The third-order valence-corrected chi connectivity index (χ3v) is 4.02. The van der Waals surface area contributed by atoms with Gasteiger partial charge >= 0.3 is 0 Å². The largest absolute Gasteiger partial charge is 0.340 e. The molecule has 1 aromatic rings. The van der Waals surface area contributed by atoms with E-state index in [1.807, 2.05) is 13.8 Å². The monoisotopic (exact) mass is 276 g/mol. The van der Waals surface area contributed by atoms with Crippen LogP contribution in [-0.4, -0.2) is 38.3 Å². The van der Waals surface area contributed by atoms with Crippen molar-refractivity contribution in [2.45, 2.75) is 51.7 Å². The molecule has 0 radical (unpaired) electrons. The summed E-state index contributed by atoms with van der Waals surface area (Å²) in [6.07, 6.45) is 4.42. The number of hydrogen-bond acceptors (Lipinski definition) is 4. The van der Waals surface area contributed by atoms with E-state index in [4.69, 9.17) is 0 Å². The molecule has 1 unspecified atom stereocenters. The molecule has 108 valence electrons. The van der Waals surface area contributed by atoms with Crippen molar-refractivity contribution >= 4 is 11.8 Å². The molecule has 0 bridgehead atoms. The van der Waals surface area contributed by atoms with Gasteiger partial charge in [0.05, 0.1) is 6.54 Å². The Morgan fingerprint density at radius 2 is 1.85 bits per heavy atom. The average molecular weight is 276 g/mol. The van der Waals surface area contributed by atoms with Gasteiger partial charge < -0.3 is 10.2 Å². The van der Waals surface area contributed by atoms with Crippen LogP contribution in [0.2, 0.25) is 0 Å². The maximum atomic E-state index is 12.7. The first-order chi connectivity index (χ1) is 9.54. The SMILES string of the molecule is CCC1(CC)NC(=O)C(C)N(Cc2ncccn2)C1=O. The molecular weight excluding hydrogens is 256 g/mol. The van der Waals surface area contributed by atoms with Crippen molar-refractivity contribution in [2.75, 3.05) is 0 Å². The summed E-state index contributed by atoms with van der Waals surface area (Å²) in [7, 11) is 0. The summed E-state index contributed by atoms with van der Waals surface area (Å²) in [5.74, 6) is 0.370. The number of carbonyl (C=O) groups is 2. The zero-order chi connectivity index (χ0) is 14.8. The van der Waals surface area contributed by atoms with E-state index >= 15 is 0 Å². The second-order valence-electron chi connectivity index (χ2n) is 5.05. The first-order valence-electron chi connectivity index (χ1n) is 6.93. The predicted octanol–water partition coefficient (Wildman–Crippen LogP) is 0.882. The highest BCUT2D eigenvalue weighted by Crippen LogP contribution is 2.25. The number of nitrogens with one attached hydrogen (secondary N) is 1. The molecule has 1 fully saturated rings. The minimum absolute atomic E-state index is 0.0537. The third kappa shape index (κ3) is 2.37. The molecular formula is C14H20N4O2. The Bertz CT molecular complexity index is 499. The fraction of sp³-hybridized carbons (Fsp3) is 0.571. The average Bonchev–Trinajstić information content (AvgIpc) is 2.48. The van der Waals surface area contributed by atoms with E-state index in [9.17, 15) is 9.59 Å². The highest BCUT2D eigenvalue weighted by molar-refractivity contribution is 5.99. The minimum Gasteiger partial charge on any atom is -0.340 e. The fourth-order valence-corrected chi connectivity index (χ4v) is 2.49. The highest BCUT2D eigenvalue weighted by Gasteiger charge is 2.47. The van der Waals surface area contributed by atoms with Gasteiger partial charge in [0.25, 0.3) is 0 Å². The highest BCUT2D eigenvalue weighted by atomic mass is 16.2. The van der Waals surface area contributed by atoms with E-state index in [1.165, 1.54) is 0 Å². The molecule has 1 saturated heterocycles. The van der Waals surface area contributed by atoms with Gasteiger partial charge in [-0.1, -0.05) is 13.8 Å². The molecule has 0 aliphatic carbocycles. The van der Waals surface area contributed by atoms with Crippen molar-refractivity contribution in [3.8, 4) is 0 Å². The summed E-state index contributed by atoms with van der Waals surface area (Å²) < 4.78 is 0. The predicted molar refractivity (Wildman–Crippen MR) is 73.5 cm³/mol. The van der Waals surface area contributed by atoms with Crippen molar-refractivity contribution in [1.29, 1.82) is 0 Å². The number of nitrogens with zero attached hydrogens (tertiary/aromatic N) is 3. The van der Waals surface area contributed by atoms with E-state index in [-0.39, 0.29) is 18.4 Å². The standard InChI is InChI=1S/C14H20N4O2/c1-4-14(5-2)13(20)18(10(3)12(19)17-14)9-11-15-7-6-8-16-11/h6-8,10H,4-5,9H2,1-3H3,(H,17,19). The number of piperazine rings is 1. The smallest absolute Gasteiger partial charge is 0.249 e. The Hall–Kier alpha value is -1.98. The Labute approximate surface area is 118 Å². The van der Waals surface area contributed by atoms with Gasteiger partial charge in [-0.25, -0.2) is 9.97 Å². The van der Waals surface area contributed by atoms with Crippen LogP contribution in [0.4, 0.5) is 0 Å². The molecule has 1 N–H and O–H groups in total. The maximum Gasteiger partial charge on any atom is 0.249 e. The lowest BCUT2D eigenvalue weighted by Gasteiger charge is -2.44. The molecule has 1 aliphatic rings. The summed E-state index contributed by atoms with van der Waals surface area (Å²) in [4.78, 5) is 34.7. The summed E-state index contributed by atoms with van der Waals surface area (Å²) in [5.41, 5.74) is -0.793. The van der Waals surface area contributed by atoms with E-state index in [1.54, 1.807) is 30.3 Å². The number of carbonyl (C=O) groups excluding carboxylic acids is 2. The number of aromatic nitrogens is 2. The molecule has 2 amide bonds. The van der Waals surface area contributed by atoms with Crippen LogP contribution in [-0.2, 0) is 16.1 Å². The topological polar surface area (TPSA) is 75.2 Å². The van der Waals surface area contributed by atoms with Gasteiger partial charge in [-0.2, -0.15) is 0 Å². The Kier molecular flexibility index (Phi) is 4.01. The molecule has 0 aromatic carbocycles. The van der Waals surface area contributed by atoms with Crippen molar-refractivity contribution in [1.82, 2.24) is 20.2 Å². The van der Waals surface area contributed by atoms with Crippen molar-refractivity contribution < 1.29 is 9.59 Å². The van der Waals surface area contributed by atoms with Crippen LogP contribution in [0.25, 0.3) is 0 Å². The van der Waals surface area contributed by atoms with Gasteiger partial charge in [0.1, 0.15) is 17.4 Å². The van der Waals surface area contributed by atoms with Crippen molar-refractivity contribution in [3.05, 3.63) is 24.3 Å². The van der Waals surface area contributed by atoms with Crippen LogP contribution in [0.5, 0.6) is 0 Å². The molecule has 0 spiro atoms. The van der Waals surface area contributed by atoms with E-state index in [2.05, 4.69) is 15.3 Å². The first kappa shape index (κ1) is 14.4. The minimum atomic E-state index is -0.793.